The summed E-state index contributed by atoms with van der Waals surface area (Å²) in [5.41, 5.74) is 0. The van der Waals surface area contributed by atoms with E-state index in [4.69, 9.17) is 4.74 Å². The first-order valence-corrected chi connectivity index (χ1v) is 7.83. The number of hydrogen-bond donors (Lipinski definition) is 1. The summed E-state index contributed by atoms with van der Waals surface area (Å²) < 4.78 is 7.99. The first-order valence-electron chi connectivity index (χ1n) is 7.83. The van der Waals surface area contributed by atoms with Crippen molar-refractivity contribution in [1.29, 1.82) is 0 Å². The minimum atomic E-state index is -0.0498. The molecule has 0 spiro atoms. The fourth-order valence-electron chi connectivity index (χ4n) is 2.76. The standard InChI is InChI=1S/C16H23N5O/c1-11(2)15-17-7-6-13(20-15)19-12-5-4-10-22-14(12)16-18-8-9-21(16)3/h6-9,11-12,14H,4-5,10H2,1-3H3,(H,17,19,20)/t12-,14-/m0/s1. The molecule has 3 rings (SSSR count). The van der Waals surface area contributed by atoms with E-state index in [0.717, 1.165) is 36.9 Å². The van der Waals surface area contributed by atoms with Gasteiger partial charge in [0.05, 0.1) is 6.04 Å². The maximum Gasteiger partial charge on any atom is 0.139 e. The number of hydrogen-bond acceptors (Lipinski definition) is 5. The Morgan fingerprint density at radius 1 is 1.32 bits per heavy atom. The smallest absolute Gasteiger partial charge is 0.139 e. The average molecular weight is 301 g/mol. The van der Waals surface area contributed by atoms with Gasteiger partial charge in [0.15, 0.2) is 0 Å². The number of ether oxygens (including phenoxy) is 1. The molecule has 0 amide bonds. The first-order chi connectivity index (χ1) is 10.6. The Hall–Kier alpha value is -1.95. The van der Waals surface area contributed by atoms with E-state index in [1.807, 2.05) is 36.3 Å². The van der Waals surface area contributed by atoms with Gasteiger partial charge >= 0.3 is 0 Å². The van der Waals surface area contributed by atoms with E-state index in [1.165, 1.54) is 0 Å². The molecule has 22 heavy (non-hydrogen) atoms. The van der Waals surface area contributed by atoms with E-state index < -0.39 is 0 Å². The Morgan fingerprint density at radius 2 is 2.18 bits per heavy atom. The van der Waals surface area contributed by atoms with Gasteiger partial charge in [0.2, 0.25) is 0 Å². The van der Waals surface area contributed by atoms with Crippen LogP contribution in [0.1, 0.15) is 50.4 Å². The van der Waals surface area contributed by atoms with Gasteiger partial charge in [0.25, 0.3) is 0 Å². The van der Waals surface area contributed by atoms with Crippen LogP contribution in [0.4, 0.5) is 5.82 Å². The van der Waals surface area contributed by atoms with Crippen LogP contribution in [0.15, 0.2) is 24.7 Å². The Bertz CT molecular complexity index is 625. The van der Waals surface area contributed by atoms with Crippen molar-refractivity contribution in [3.63, 3.8) is 0 Å². The number of anilines is 1. The van der Waals surface area contributed by atoms with Crippen molar-refractivity contribution < 1.29 is 4.74 Å². The molecule has 6 heteroatoms. The van der Waals surface area contributed by atoms with E-state index in [0.29, 0.717) is 5.92 Å². The zero-order valence-electron chi connectivity index (χ0n) is 13.4. The molecule has 1 saturated heterocycles. The lowest BCUT2D eigenvalue weighted by Crippen LogP contribution is -2.35. The van der Waals surface area contributed by atoms with Crippen LogP contribution in [0.5, 0.6) is 0 Å². The van der Waals surface area contributed by atoms with Crippen LogP contribution < -0.4 is 5.32 Å². The Balaban J connectivity index is 1.80. The van der Waals surface area contributed by atoms with E-state index in [1.54, 1.807) is 0 Å². The fourth-order valence-corrected chi connectivity index (χ4v) is 2.76. The average Bonchev–Trinajstić information content (AvgIpc) is 2.94. The van der Waals surface area contributed by atoms with Crippen LogP contribution in [0.25, 0.3) is 0 Å². The zero-order chi connectivity index (χ0) is 15.5. The molecule has 1 fully saturated rings. The van der Waals surface area contributed by atoms with Crippen molar-refractivity contribution in [3.8, 4) is 0 Å². The van der Waals surface area contributed by atoms with E-state index in [-0.39, 0.29) is 12.1 Å². The summed E-state index contributed by atoms with van der Waals surface area (Å²) in [7, 11) is 2.00. The topological polar surface area (TPSA) is 64.9 Å². The molecule has 6 nitrogen and oxygen atoms in total. The molecule has 0 aliphatic carbocycles. The first kappa shape index (κ1) is 15.0. The molecule has 2 atom stereocenters. The maximum absolute atomic E-state index is 5.98. The number of rotatable bonds is 4. The van der Waals surface area contributed by atoms with Crippen LogP contribution in [0.2, 0.25) is 0 Å². The van der Waals surface area contributed by atoms with Gasteiger partial charge in [-0.1, -0.05) is 13.8 Å². The van der Waals surface area contributed by atoms with Crippen LogP contribution in [0.3, 0.4) is 0 Å². The van der Waals surface area contributed by atoms with Gasteiger partial charge in [-0.2, -0.15) is 0 Å². The van der Waals surface area contributed by atoms with Crippen molar-refractivity contribution in [1.82, 2.24) is 19.5 Å². The van der Waals surface area contributed by atoms with Gasteiger partial charge in [-0.15, -0.1) is 0 Å². The van der Waals surface area contributed by atoms with Crippen LogP contribution >= 0.6 is 0 Å². The van der Waals surface area contributed by atoms with E-state index >= 15 is 0 Å². The third-order valence-electron chi connectivity index (χ3n) is 3.96. The molecular formula is C16H23N5O. The molecule has 2 aromatic heterocycles. The number of aryl methyl sites for hydroxylation is 1. The van der Waals surface area contributed by atoms with Crippen LogP contribution in [0, 0.1) is 0 Å². The summed E-state index contributed by atoms with van der Waals surface area (Å²) in [5.74, 6) is 2.98. The molecule has 1 N–H and O–H groups in total. The predicted molar refractivity (Wildman–Crippen MR) is 84.7 cm³/mol. The second kappa shape index (κ2) is 6.44. The maximum atomic E-state index is 5.98. The summed E-state index contributed by atoms with van der Waals surface area (Å²) in [6.45, 7) is 4.97. The van der Waals surface area contributed by atoms with Crippen LogP contribution in [-0.2, 0) is 11.8 Å². The third kappa shape index (κ3) is 3.11. The molecule has 0 bridgehead atoms. The molecule has 3 heterocycles. The van der Waals surface area contributed by atoms with Crippen LogP contribution in [-0.4, -0.2) is 32.2 Å². The zero-order valence-corrected chi connectivity index (χ0v) is 13.4. The molecular weight excluding hydrogens is 278 g/mol. The summed E-state index contributed by atoms with van der Waals surface area (Å²) in [6.07, 6.45) is 7.60. The molecule has 1 aliphatic heterocycles. The van der Waals surface area contributed by atoms with Crippen molar-refractivity contribution in [2.75, 3.05) is 11.9 Å². The van der Waals surface area contributed by atoms with Gasteiger partial charge in [-0.25, -0.2) is 15.0 Å². The Morgan fingerprint density at radius 3 is 2.91 bits per heavy atom. The van der Waals surface area contributed by atoms with Crippen molar-refractivity contribution in [3.05, 3.63) is 36.3 Å². The molecule has 118 valence electrons. The SMILES string of the molecule is CC(C)c1nccc(N[C@H]2CCCO[C@@H]2c2nccn2C)n1. The highest BCUT2D eigenvalue weighted by Gasteiger charge is 2.30. The second-order valence-corrected chi connectivity index (χ2v) is 6.04. The largest absolute Gasteiger partial charge is 0.368 e. The van der Waals surface area contributed by atoms with Crippen molar-refractivity contribution in [2.24, 2.45) is 7.05 Å². The molecule has 0 aromatic carbocycles. The highest BCUT2D eigenvalue weighted by molar-refractivity contribution is 5.35. The van der Waals surface area contributed by atoms with Crippen molar-refractivity contribution >= 4 is 5.82 Å². The van der Waals surface area contributed by atoms with E-state index in [9.17, 15) is 0 Å². The molecule has 1 aliphatic rings. The highest BCUT2D eigenvalue weighted by atomic mass is 16.5. The highest BCUT2D eigenvalue weighted by Crippen LogP contribution is 2.29. The minimum Gasteiger partial charge on any atom is -0.368 e. The van der Waals surface area contributed by atoms with Gasteiger partial charge < -0.3 is 14.6 Å². The molecule has 0 radical (unpaired) electrons. The number of imidazole rings is 1. The van der Waals surface area contributed by atoms with Gasteiger partial charge in [-0.05, 0) is 18.9 Å². The minimum absolute atomic E-state index is 0.0498. The number of aromatic nitrogens is 4. The van der Waals surface area contributed by atoms with Crippen molar-refractivity contribution in [2.45, 2.75) is 44.8 Å². The van der Waals surface area contributed by atoms with Gasteiger partial charge in [-0.3, -0.25) is 0 Å². The predicted octanol–water partition coefficient (Wildman–Crippen LogP) is 2.67. The lowest BCUT2D eigenvalue weighted by atomic mass is 10.0. The normalized spacial score (nSPS) is 22.0. The number of nitrogens with one attached hydrogen (secondary N) is 1. The molecule has 0 unspecified atom stereocenters. The monoisotopic (exact) mass is 301 g/mol. The lowest BCUT2D eigenvalue weighted by molar-refractivity contribution is -0.00136. The summed E-state index contributed by atoms with van der Waals surface area (Å²) >= 11 is 0. The number of nitrogens with zero attached hydrogens (tertiary/aromatic N) is 4. The third-order valence-corrected chi connectivity index (χ3v) is 3.96. The molecule has 2 aromatic rings. The summed E-state index contributed by atoms with van der Waals surface area (Å²) in [5, 5.41) is 3.51. The summed E-state index contributed by atoms with van der Waals surface area (Å²) in [4.78, 5) is 13.4. The molecule has 0 saturated carbocycles. The second-order valence-electron chi connectivity index (χ2n) is 6.04. The van der Waals surface area contributed by atoms with Gasteiger partial charge in [0.1, 0.15) is 23.6 Å². The van der Waals surface area contributed by atoms with Gasteiger partial charge in [0, 0.05) is 38.2 Å². The van der Waals surface area contributed by atoms with E-state index in [2.05, 4.69) is 34.1 Å². The summed E-state index contributed by atoms with van der Waals surface area (Å²) in [6, 6.07) is 2.08. The fraction of sp³-hybridized carbons (Fsp3) is 0.562. The Labute approximate surface area is 131 Å². The Kier molecular flexibility index (Phi) is 4.38. The quantitative estimate of drug-likeness (QED) is 0.940. The lowest BCUT2D eigenvalue weighted by Gasteiger charge is -2.32.